The minimum atomic E-state index is -0.882. The fourth-order valence-electron chi connectivity index (χ4n) is 3.18. The topological polar surface area (TPSA) is 55.8 Å². The van der Waals surface area contributed by atoms with Crippen molar-refractivity contribution in [3.8, 4) is 11.8 Å². The van der Waals surface area contributed by atoms with E-state index in [9.17, 15) is 14.0 Å². The Labute approximate surface area is 158 Å². The number of amides is 1. The zero-order valence-corrected chi connectivity index (χ0v) is 15.8. The smallest absolute Gasteiger partial charge is 0.432 e. The lowest BCUT2D eigenvalue weighted by Gasteiger charge is -2.25. The number of ether oxygens (including phenoxy) is 2. The first-order chi connectivity index (χ1) is 12.8. The maximum atomic E-state index is 13.4. The number of hydrogen-bond acceptors (Lipinski definition) is 4. The minimum absolute atomic E-state index is 0.142. The number of hydrogen-bond donors (Lipinski definition) is 0. The van der Waals surface area contributed by atoms with Gasteiger partial charge in [-0.2, -0.15) is 0 Å². The zero-order chi connectivity index (χ0) is 19.6. The Morgan fingerprint density at radius 3 is 2.44 bits per heavy atom. The fraction of sp³-hybridized carbons (Fsp3) is 0.524. The zero-order valence-electron chi connectivity index (χ0n) is 15.8. The molecule has 3 atom stereocenters. The highest BCUT2D eigenvalue weighted by molar-refractivity contribution is 5.83. The van der Waals surface area contributed by atoms with E-state index < -0.39 is 24.0 Å². The predicted molar refractivity (Wildman–Crippen MR) is 97.0 cm³/mol. The SMILES string of the molecule is CC(C)OC(=O)OC(c1ccc(F)cc1)C1C(=O)N(C)C[C@H]1C#CC1CC1. The number of nitrogens with zero attached hydrogens (tertiary/aromatic N) is 1. The third-order valence-electron chi connectivity index (χ3n) is 4.70. The maximum absolute atomic E-state index is 13.4. The average Bonchev–Trinajstić information content (AvgIpc) is 3.38. The summed E-state index contributed by atoms with van der Waals surface area (Å²) < 4.78 is 24.0. The molecule has 5 nitrogen and oxygen atoms in total. The van der Waals surface area contributed by atoms with Gasteiger partial charge in [0.25, 0.3) is 0 Å². The van der Waals surface area contributed by atoms with Gasteiger partial charge in [-0.15, -0.1) is 0 Å². The van der Waals surface area contributed by atoms with E-state index in [1.165, 1.54) is 24.3 Å². The van der Waals surface area contributed by atoms with Crippen molar-refractivity contribution in [3.63, 3.8) is 0 Å². The van der Waals surface area contributed by atoms with Gasteiger partial charge in [0.05, 0.1) is 17.9 Å². The molecule has 1 heterocycles. The number of carbonyl (C=O) groups excluding carboxylic acids is 2. The molecule has 0 spiro atoms. The van der Waals surface area contributed by atoms with E-state index in [4.69, 9.17) is 9.47 Å². The number of halogens is 1. The number of likely N-dealkylation sites (tertiary alicyclic amines) is 1. The Bertz CT molecular complexity index is 761. The largest absolute Gasteiger partial charge is 0.509 e. The van der Waals surface area contributed by atoms with Gasteiger partial charge < -0.3 is 14.4 Å². The van der Waals surface area contributed by atoms with Crippen LogP contribution in [-0.2, 0) is 14.3 Å². The summed E-state index contributed by atoms with van der Waals surface area (Å²) in [6.45, 7) is 3.91. The van der Waals surface area contributed by atoms with Crippen LogP contribution < -0.4 is 0 Å². The van der Waals surface area contributed by atoms with Crippen LogP contribution in [0.2, 0.25) is 0 Å². The normalized spacial score (nSPS) is 23.0. The number of rotatable bonds is 4. The van der Waals surface area contributed by atoms with Crippen LogP contribution in [0.15, 0.2) is 24.3 Å². The van der Waals surface area contributed by atoms with Crippen molar-refractivity contribution in [3.05, 3.63) is 35.6 Å². The van der Waals surface area contributed by atoms with E-state index in [1.807, 2.05) is 0 Å². The molecule has 1 aliphatic heterocycles. The standard InChI is InChI=1S/C21H24FNO4/c1-13(2)26-21(25)27-19(15-8-10-17(22)11-9-15)18-16(7-6-14-4-5-14)12-23(3)20(18)24/h8-11,13-14,16,18-19H,4-5,12H2,1-3H3/t16-,18?,19?/m1/s1. The van der Waals surface area contributed by atoms with Gasteiger partial charge in [-0.1, -0.05) is 24.0 Å². The third-order valence-corrected chi connectivity index (χ3v) is 4.70. The van der Waals surface area contributed by atoms with Gasteiger partial charge in [0.15, 0.2) is 0 Å². The van der Waals surface area contributed by atoms with Crippen molar-refractivity contribution in [2.24, 2.45) is 17.8 Å². The van der Waals surface area contributed by atoms with E-state index in [0.717, 1.165) is 12.8 Å². The van der Waals surface area contributed by atoms with Crippen molar-refractivity contribution in [2.75, 3.05) is 13.6 Å². The highest BCUT2D eigenvalue weighted by atomic mass is 19.1. The van der Waals surface area contributed by atoms with Crippen LogP contribution in [0.3, 0.4) is 0 Å². The summed E-state index contributed by atoms with van der Waals surface area (Å²) in [6.07, 6.45) is 0.0988. The lowest BCUT2D eigenvalue weighted by Crippen LogP contribution is -2.30. The van der Waals surface area contributed by atoms with Crippen LogP contribution in [0, 0.1) is 35.4 Å². The Morgan fingerprint density at radius 2 is 1.85 bits per heavy atom. The lowest BCUT2D eigenvalue weighted by molar-refractivity contribution is -0.134. The van der Waals surface area contributed by atoms with Crippen LogP contribution in [-0.4, -0.2) is 36.7 Å². The van der Waals surface area contributed by atoms with Crippen molar-refractivity contribution in [1.29, 1.82) is 0 Å². The monoisotopic (exact) mass is 373 g/mol. The van der Waals surface area contributed by atoms with E-state index in [-0.39, 0.29) is 17.9 Å². The maximum Gasteiger partial charge on any atom is 0.509 e. The van der Waals surface area contributed by atoms with E-state index in [1.54, 1.807) is 25.8 Å². The molecule has 1 aliphatic carbocycles. The summed E-state index contributed by atoms with van der Waals surface area (Å²) in [5.74, 6) is 5.38. The van der Waals surface area contributed by atoms with Crippen molar-refractivity contribution < 1.29 is 23.5 Å². The van der Waals surface area contributed by atoms with Crippen molar-refractivity contribution in [2.45, 2.75) is 38.9 Å². The molecule has 6 heteroatoms. The van der Waals surface area contributed by atoms with E-state index >= 15 is 0 Å². The second kappa shape index (κ2) is 7.99. The van der Waals surface area contributed by atoms with Gasteiger partial charge in [-0.25, -0.2) is 9.18 Å². The molecule has 3 rings (SSSR count). The molecule has 0 aromatic heterocycles. The summed E-state index contributed by atoms with van der Waals surface area (Å²) in [4.78, 5) is 26.6. The summed E-state index contributed by atoms with van der Waals surface area (Å²) in [5.41, 5.74) is 0.545. The Kier molecular flexibility index (Phi) is 5.69. The molecule has 1 aromatic rings. The van der Waals surface area contributed by atoms with Gasteiger partial charge in [-0.3, -0.25) is 4.79 Å². The van der Waals surface area contributed by atoms with Gasteiger partial charge in [0.2, 0.25) is 5.91 Å². The lowest BCUT2D eigenvalue weighted by atomic mass is 9.86. The quantitative estimate of drug-likeness (QED) is 0.598. The van der Waals surface area contributed by atoms with Gasteiger partial charge in [0.1, 0.15) is 11.9 Å². The fourth-order valence-corrected chi connectivity index (χ4v) is 3.18. The van der Waals surface area contributed by atoms with Crippen molar-refractivity contribution in [1.82, 2.24) is 4.90 Å². The first-order valence-electron chi connectivity index (χ1n) is 9.24. The molecular formula is C21H24FNO4. The first-order valence-corrected chi connectivity index (χ1v) is 9.24. The minimum Gasteiger partial charge on any atom is -0.432 e. The molecule has 144 valence electrons. The molecule has 2 aliphatic rings. The molecular weight excluding hydrogens is 349 g/mol. The second-order valence-corrected chi connectivity index (χ2v) is 7.42. The second-order valence-electron chi connectivity index (χ2n) is 7.42. The van der Waals surface area contributed by atoms with Crippen LogP contribution in [0.5, 0.6) is 0 Å². The van der Waals surface area contributed by atoms with Crippen LogP contribution in [0.4, 0.5) is 9.18 Å². The van der Waals surface area contributed by atoms with E-state index in [2.05, 4.69) is 11.8 Å². The summed E-state index contributed by atoms with van der Waals surface area (Å²) in [6, 6.07) is 5.63. The Morgan fingerprint density at radius 1 is 1.19 bits per heavy atom. The van der Waals surface area contributed by atoms with Crippen LogP contribution in [0.25, 0.3) is 0 Å². The van der Waals surface area contributed by atoms with Gasteiger partial charge >= 0.3 is 6.16 Å². The molecule has 27 heavy (non-hydrogen) atoms. The molecule has 2 unspecified atom stereocenters. The highest BCUT2D eigenvalue weighted by Gasteiger charge is 2.45. The molecule has 0 bridgehead atoms. The molecule has 0 N–H and O–H groups in total. The summed E-state index contributed by atoms with van der Waals surface area (Å²) in [7, 11) is 1.71. The number of carbonyl (C=O) groups is 2. The molecule has 1 aromatic carbocycles. The van der Waals surface area contributed by atoms with Gasteiger partial charge in [-0.05, 0) is 44.4 Å². The summed E-state index contributed by atoms with van der Waals surface area (Å²) in [5, 5.41) is 0. The molecule has 1 saturated heterocycles. The first kappa shape index (κ1) is 19.2. The Hall–Kier alpha value is -2.55. The molecule has 1 amide bonds. The molecule has 2 fully saturated rings. The predicted octanol–water partition coefficient (Wildman–Crippen LogP) is 3.55. The number of benzene rings is 1. The Balaban J connectivity index is 1.91. The van der Waals surface area contributed by atoms with Crippen molar-refractivity contribution >= 4 is 12.1 Å². The van der Waals surface area contributed by atoms with E-state index in [0.29, 0.717) is 18.0 Å². The average molecular weight is 373 g/mol. The molecule has 0 radical (unpaired) electrons. The molecule has 1 saturated carbocycles. The van der Waals surface area contributed by atoms with Crippen LogP contribution in [0.1, 0.15) is 38.4 Å². The highest BCUT2D eigenvalue weighted by Crippen LogP contribution is 2.38. The summed E-state index contributed by atoms with van der Waals surface area (Å²) >= 11 is 0. The third kappa shape index (κ3) is 4.79. The van der Waals surface area contributed by atoms with Crippen LogP contribution >= 0.6 is 0 Å². The van der Waals surface area contributed by atoms with Gasteiger partial charge in [0, 0.05) is 19.5 Å².